The largest absolute Gasteiger partial charge is 1.00 e. The first-order chi connectivity index (χ1) is 14.3. The Morgan fingerprint density at radius 2 is 1.23 bits per heavy atom. The van der Waals surface area contributed by atoms with Crippen molar-refractivity contribution in [3.8, 4) is 0 Å². The van der Waals surface area contributed by atoms with E-state index in [1.807, 2.05) is 18.2 Å². The van der Waals surface area contributed by atoms with E-state index in [9.17, 15) is 0 Å². The maximum atomic E-state index is 6.84. The second kappa shape index (κ2) is 10.8. The fraction of sp³-hybridized carbons (Fsp3) is 0.185. The van der Waals surface area contributed by atoms with Crippen LogP contribution in [0.5, 0.6) is 0 Å². The minimum absolute atomic E-state index is 0. The minimum atomic E-state index is -0.674. The molecule has 1 heterocycles. The molecule has 0 saturated carbocycles. The molecule has 3 heteroatoms. The first-order valence-electron chi connectivity index (χ1n) is 10.1. The summed E-state index contributed by atoms with van der Waals surface area (Å²) >= 11 is 1.80. The van der Waals surface area contributed by atoms with Crippen LogP contribution in [-0.2, 0) is 23.4 Å². The van der Waals surface area contributed by atoms with Crippen LogP contribution in [0.2, 0.25) is 0 Å². The zero-order chi connectivity index (χ0) is 19.9. The van der Waals surface area contributed by atoms with Crippen LogP contribution in [0.3, 0.4) is 0 Å². The third kappa shape index (κ3) is 4.80. The minimum Gasteiger partial charge on any atom is -0.357 e. The molecule has 0 fully saturated rings. The van der Waals surface area contributed by atoms with Crippen LogP contribution < -0.4 is 18.9 Å². The molecule has 3 aromatic carbocycles. The molecule has 0 unspecified atom stereocenters. The summed E-state index contributed by atoms with van der Waals surface area (Å²) in [7, 11) is 0. The van der Waals surface area contributed by atoms with E-state index in [1.165, 1.54) is 4.88 Å². The number of thiophene rings is 1. The van der Waals surface area contributed by atoms with Crippen molar-refractivity contribution in [2.45, 2.75) is 32.0 Å². The van der Waals surface area contributed by atoms with Crippen molar-refractivity contribution in [2.75, 3.05) is 0 Å². The van der Waals surface area contributed by atoms with Crippen LogP contribution in [0.1, 0.15) is 39.8 Å². The van der Waals surface area contributed by atoms with Gasteiger partial charge in [-0.15, -0.1) is 4.88 Å². The smallest absolute Gasteiger partial charge is 0.357 e. The quantitative estimate of drug-likeness (QED) is 0.245. The van der Waals surface area contributed by atoms with Crippen molar-refractivity contribution in [1.29, 1.82) is 0 Å². The van der Waals surface area contributed by atoms with Crippen molar-refractivity contribution in [2.24, 2.45) is 0 Å². The molecule has 0 N–H and O–H groups in total. The Kier molecular flexibility index (Phi) is 8.14. The van der Waals surface area contributed by atoms with Crippen LogP contribution in [0.15, 0.2) is 97.1 Å². The first kappa shape index (κ1) is 22.6. The van der Waals surface area contributed by atoms with E-state index in [2.05, 4.69) is 91.9 Å². The van der Waals surface area contributed by atoms with Crippen LogP contribution in [-0.4, -0.2) is 0 Å². The molecule has 4 rings (SSSR count). The van der Waals surface area contributed by atoms with Gasteiger partial charge in [0.15, 0.2) is 0 Å². The Hall–Kier alpha value is -2.08. The van der Waals surface area contributed by atoms with Gasteiger partial charge in [-0.2, -0.15) is 0 Å². The molecule has 1 nitrogen and oxygen atoms in total. The van der Waals surface area contributed by atoms with Crippen molar-refractivity contribution in [3.63, 3.8) is 0 Å². The molecule has 0 amide bonds. The Balaban J connectivity index is 0.00000256. The predicted octanol–water partition coefficient (Wildman–Crippen LogP) is 4.01. The molecule has 0 atom stereocenters. The molecule has 30 heavy (non-hydrogen) atoms. The van der Waals surface area contributed by atoms with Gasteiger partial charge in [0.2, 0.25) is 0 Å². The van der Waals surface area contributed by atoms with Crippen molar-refractivity contribution >= 4 is 11.3 Å². The fourth-order valence-corrected chi connectivity index (χ4v) is 4.74. The maximum absolute atomic E-state index is 6.84. The van der Waals surface area contributed by atoms with E-state index in [4.69, 9.17) is 4.74 Å². The zero-order valence-corrected chi connectivity index (χ0v) is 18.5. The molecule has 0 aliphatic rings. The predicted molar refractivity (Wildman–Crippen MR) is 121 cm³/mol. The summed E-state index contributed by atoms with van der Waals surface area (Å²) in [5.74, 6) is 0. The van der Waals surface area contributed by atoms with Crippen molar-refractivity contribution in [1.82, 2.24) is 0 Å². The number of aryl methyl sites for hydroxylation is 1. The number of benzene rings is 3. The summed E-state index contributed by atoms with van der Waals surface area (Å²) < 4.78 is 6.84. The molecule has 0 spiro atoms. The molecule has 0 aliphatic carbocycles. The SMILES string of the molecule is CCCc1c[c-]c(COC(c2ccccc2)(c2ccccc2)c2ccccc2)s1.[Li+]. The van der Waals surface area contributed by atoms with Gasteiger partial charge in [0, 0.05) is 0 Å². The average Bonchev–Trinajstić information content (AvgIpc) is 3.24. The summed E-state index contributed by atoms with van der Waals surface area (Å²) in [6.45, 7) is 2.73. The number of hydrogen-bond donors (Lipinski definition) is 0. The fourth-order valence-electron chi connectivity index (χ4n) is 3.76. The Morgan fingerprint density at radius 3 is 1.67 bits per heavy atom. The normalized spacial score (nSPS) is 11.1. The van der Waals surface area contributed by atoms with E-state index in [0.29, 0.717) is 6.61 Å². The van der Waals surface area contributed by atoms with Gasteiger partial charge in [0.05, 0.1) is 6.61 Å². The van der Waals surface area contributed by atoms with Gasteiger partial charge < -0.3 is 4.74 Å². The molecular weight excluding hydrogens is 379 g/mol. The van der Waals surface area contributed by atoms with Crippen LogP contribution >= 0.6 is 11.3 Å². The standard InChI is InChI=1S/C27H25OS.Li/c1-2-12-25-19-20-26(29-25)21-28-27(22-13-6-3-7-14-22,23-15-8-4-9-16-23)24-17-10-5-11-18-24;/h3-11,13-19H,2,12,21H2,1H3;/q-1;+1. The van der Waals surface area contributed by atoms with E-state index in [-0.39, 0.29) is 18.9 Å². The Labute approximate surface area is 195 Å². The van der Waals surface area contributed by atoms with Gasteiger partial charge in [-0.05, 0) is 16.7 Å². The second-order valence-electron chi connectivity index (χ2n) is 7.10. The number of rotatable bonds is 8. The van der Waals surface area contributed by atoms with E-state index >= 15 is 0 Å². The summed E-state index contributed by atoms with van der Waals surface area (Å²) in [6, 6.07) is 37.1. The Morgan fingerprint density at radius 1 is 0.767 bits per heavy atom. The second-order valence-corrected chi connectivity index (χ2v) is 8.32. The van der Waals surface area contributed by atoms with E-state index in [0.717, 1.165) is 34.4 Å². The third-order valence-corrected chi connectivity index (χ3v) is 6.17. The van der Waals surface area contributed by atoms with Crippen LogP contribution in [0, 0.1) is 6.07 Å². The van der Waals surface area contributed by atoms with Gasteiger partial charge in [0.1, 0.15) is 5.60 Å². The third-order valence-electron chi connectivity index (χ3n) is 5.11. The average molecular weight is 405 g/mol. The van der Waals surface area contributed by atoms with E-state index < -0.39 is 5.60 Å². The summed E-state index contributed by atoms with van der Waals surface area (Å²) in [4.78, 5) is 2.51. The summed E-state index contributed by atoms with van der Waals surface area (Å²) in [5.41, 5.74) is 2.71. The molecule has 0 saturated heterocycles. The molecule has 0 radical (unpaired) electrons. The van der Waals surface area contributed by atoms with Gasteiger partial charge in [-0.1, -0.05) is 116 Å². The van der Waals surface area contributed by atoms with Crippen LogP contribution in [0.25, 0.3) is 0 Å². The topological polar surface area (TPSA) is 9.23 Å². The number of hydrogen-bond acceptors (Lipinski definition) is 2. The van der Waals surface area contributed by atoms with Gasteiger partial charge in [-0.25, -0.2) is 12.1 Å². The monoisotopic (exact) mass is 404 g/mol. The molecule has 0 aliphatic heterocycles. The molecule has 4 aromatic rings. The number of ether oxygens (including phenoxy) is 1. The molecule has 146 valence electrons. The summed E-state index contributed by atoms with van der Waals surface area (Å²) in [6.07, 6.45) is 2.25. The van der Waals surface area contributed by atoms with Crippen molar-refractivity contribution in [3.05, 3.63) is 130 Å². The first-order valence-corrected chi connectivity index (χ1v) is 10.9. The van der Waals surface area contributed by atoms with Crippen molar-refractivity contribution < 1.29 is 23.6 Å². The van der Waals surface area contributed by atoms with E-state index in [1.54, 1.807) is 11.3 Å². The van der Waals surface area contributed by atoms with Crippen LogP contribution in [0.4, 0.5) is 0 Å². The van der Waals surface area contributed by atoms with Gasteiger partial charge in [0.25, 0.3) is 0 Å². The summed E-state index contributed by atoms with van der Waals surface area (Å²) in [5, 5.41) is 0. The van der Waals surface area contributed by atoms with Gasteiger partial charge in [-0.3, -0.25) is 11.3 Å². The molecule has 0 bridgehead atoms. The zero-order valence-electron chi connectivity index (χ0n) is 17.7. The molecular formula is C27H25LiOS. The molecule has 1 aromatic heterocycles. The maximum Gasteiger partial charge on any atom is 1.00 e. The Bertz CT molecular complexity index is 916. The van der Waals surface area contributed by atoms with Gasteiger partial charge >= 0.3 is 18.9 Å².